The standard InChI is InChI=1S/C19H23ClN2O4S/c1-14-7-9-18(10-8-14)26-13-15(2)21-19(23)12-22(27(3,24)25)17-6-4-5-16(20)11-17/h4-11,15H,12-13H2,1-3H3,(H,21,23). The second-order valence-electron chi connectivity index (χ2n) is 6.34. The van der Waals surface area contributed by atoms with Crippen LogP contribution in [0.5, 0.6) is 5.75 Å². The van der Waals surface area contributed by atoms with Crippen LogP contribution in [0.3, 0.4) is 0 Å². The first-order valence-electron chi connectivity index (χ1n) is 8.37. The first-order valence-corrected chi connectivity index (χ1v) is 10.6. The van der Waals surface area contributed by atoms with Gasteiger partial charge >= 0.3 is 0 Å². The number of sulfonamides is 1. The van der Waals surface area contributed by atoms with E-state index in [4.69, 9.17) is 16.3 Å². The van der Waals surface area contributed by atoms with E-state index >= 15 is 0 Å². The highest BCUT2D eigenvalue weighted by atomic mass is 35.5. The minimum Gasteiger partial charge on any atom is -0.491 e. The van der Waals surface area contributed by atoms with Gasteiger partial charge in [-0.2, -0.15) is 0 Å². The summed E-state index contributed by atoms with van der Waals surface area (Å²) < 4.78 is 30.8. The molecule has 0 bridgehead atoms. The topological polar surface area (TPSA) is 75.7 Å². The maximum absolute atomic E-state index is 12.3. The number of ether oxygens (including phenoxy) is 1. The van der Waals surface area contributed by atoms with Gasteiger partial charge in [0.15, 0.2) is 0 Å². The molecule has 0 aliphatic rings. The Labute approximate surface area is 165 Å². The average molecular weight is 411 g/mol. The summed E-state index contributed by atoms with van der Waals surface area (Å²) in [7, 11) is -3.64. The molecule has 0 heterocycles. The molecule has 2 aromatic carbocycles. The van der Waals surface area contributed by atoms with Crippen molar-refractivity contribution in [3.63, 3.8) is 0 Å². The average Bonchev–Trinajstić information content (AvgIpc) is 2.58. The van der Waals surface area contributed by atoms with Crippen LogP contribution >= 0.6 is 11.6 Å². The van der Waals surface area contributed by atoms with Crippen molar-refractivity contribution < 1.29 is 17.9 Å². The van der Waals surface area contributed by atoms with E-state index in [-0.39, 0.29) is 19.2 Å². The number of halogens is 1. The van der Waals surface area contributed by atoms with Crippen molar-refractivity contribution in [3.8, 4) is 5.75 Å². The van der Waals surface area contributed by atoms with Crippen molar-refractivity contribution in [1.82, 2.24) is 5.32 Å². The molecule has 2 aromatic rings. The zero-order valence-corrected chi connectivity index (χ0v) is 17.0. The van der Waals surface area contributed by atoms with Gasteiger partial charge in [0.25, 0.3) is 0 Å². The largest absolute Gasteiger partial charge is 0.491 e. The summed E-state index contributed by atoms with van der Waals surface area (Å²) in [5.74, 6) is 0.277. The van der Waals surface area contributed by atoms with Gasteiger partial charge in [0, 0.05) is 5.02 Å². The lowest BCUT2D eigenvalue weighted by Gasteiger charge is -2.23. The Morgan fingerprint density at radius 2 is 1.89 bits per heavy atom. The Hall–Kier alpha value is -2.25. The van der Waals surface area contributed by atoms with E-state index in [9.17, 15) is 13.2 Å². The summed E-state index contributed by atoms with van der Waals surface area (Å²) in [6.45, 7) is 3.70. The van der Waals surface area contributed by atoms with E-state index in [2.05, 4.69) is 5.32 Å². The normalized spacial score (nSPS) is 12.3. The third-order valence-corrected chi connectivity index (χ3v) is 5.09. The minimum absolute atomic E-state index is 0.269. The van der Waals surface area contributed by atoms with Crippen molar-refractivity contribution in [2.45, 2.75) is 19.9 Å². The molecule has 1 amide bonds. The third kappa shape index (κ3) is 6.77. The van der Waals surface area contributed by atoms with Gasteiger partial charge in [0.05, 0.1) is 18.0 Å². The number of rotatable bonds is 8. The first kappa shape index (κ1) is 21.1. The fourth-order valence-corrected chi connectivity index (χ4v) is 3.41. The van der Waals surface area contributed by atoms with Gasteiger partial charge < -0.3 is 10.1 Å². The molecule has 0 aliphatic heterocycles. The van der Waals surface area contributed by atoms with Crippen LogP contribution in [0.4, 0.5) is 5.69 Å². The molecule has 0 spiro atoms. The fraction of sp³-hybridized carbons (Fsp3) is 0.316. The molecular weight excluding hydrogens is 388 g/mol. The molecule has 0 aliphatic carbocycles. The molecular formula is C19H23ClN2O4S. The molecule has 0 fully saturated rings. The van der Waals surface area contributed by atoms with Crippen molar-refractivity contribution in [3.05, 3.63) is 59.1 Å². The Balaban J connectivity index is 1.95. The third-order valence-electron chi connectivity index (χ3n) is 3.71. The summed E-state index contributed by atoms with van der Waals surface area (Å²) in [6.07, 6.45) is 1.05. The van der Waals surface area contributed by atoms with Crippen molar-refractivity contribution in [2.75, 3.05) is 23.7 Å². The number of benzene rings is 2. The molecule has 0 saturated heterocycles. The molecule has 146 valence electrons. The van der Waals surface area contributed by atoms with E-state index < -0.39 is 15.9 Å². The second-order valence-corrected chi connectivity index (χ2v) is 8.69. The minimum atomic E-state index is -3.64. The van der Waals surface area contributed by atoms with Crippen LogP contribution in [-0.4, -0.2) is 39.8 Å². The summed E-state index contributed by atoms with van der Waals surface area (Å²) in [4.78, 5) is 12.3. The number of nitrogens with zero attached hydrogens (tertiary/aromatic N) is 1. The molecule has 27 heavy (non-hydrogen) atoms. The van der Waals surface area contributed by atoms with Crippen LogP contribution in [0.25, 0.3) is 0 Å². The molecule has 6 nitrogen and oxygen atoms in total. The number of nitrogens with one attached hydrogen (secondary N) is 1. The zero-order chi connectivity index (χ0) is 20.0. The monoisotopic (exact) mass is 410 g/mol. The number of hydrogen-bond acceptors (Lipinski definition) is 4. The van der Waals surface area contributed by atoms with Crippen LogP contribution in [0.1, 0.15) is 12.5 Å². The lowest BCUT2D eigenvalue weighted by molar-refractivity contribution is -0.120. The van der Waals surface area contributed by atoms with E-state index in [1.807, 2.05) is 31.2 Å². The maximum Gasteiger partial charge on any atom is 0.241 e. The van der Waals surface area contributed by atoms with Crippen molar-refractivity contribution >= 4 is 33.2 Å². The molecule has 0 aromatic heterocycles. The quantitative estimate of drug-likeness (QED) is 0.725. The SMILES string of the molecule is Cc1ccc(OCC(C)NC(=O)CN(c2cccc(Cl)c2)S(C)(=O)=O)cc1. The van der Waals surface area contributed by atoms with Crippen molar-refractivity contribution in [1.29, 1.82) is 0 Å². The fourth-order valence-electron chi connectivity index (χ4n) is 2.38. The predicted molar refractivity (Wildman–Crippen MR) is 108 cm³/mol. The van der Waals surface area contributed by atoms with Gasteiger partial charge in [-0.1, -0.05) is 35.4 Å². The second kappa shape index (κ2) is 9.10. The van der Waals surface area contributed by atoms with Gasteiger partial charge in [-0.15, -0.1) is 0 Å². The summed E-state index contributed by atoms with van der Waals surface area (Å²) in [5, 5.41) is 3.14. The first-order chi connectivity index (χ1) is 12.6. The van der Waals surface area contributed by atoms with E-state index in [0.717, 1.165) is 16.1 Å². The summed E-state index contributed by atoms with van der Waals surface area (Å²) in [5.41, 5.74) is 1.47. The van der Waals surface area contributed by atoms with Crippen molar-refractivity contribution in [2.24, 2.45) is 0 Å². The number of amides is 1. The Morgan fingerprint density at radius 1 is 1.22 bits per heavy atom. The molecule has 0 radical (unpaired) electrons. The molecule has 1 atom stereocenters. The van der Waals surface area contributed by atoms with E-state index in [1.54, 1.807) is 25.1 Å². The van der Waals surface area contributed by atoms with Crippen LogP contribution in [0.15, 0.2) is 48.5 Å². The Morgan fingerprint density at radius 3 is 2.48 bits per heavy atom. The highest BCUT2D eigenvalue weighted by Crippen LogP contribution is 2.21. The number of aryl methyl sites for hydroxylation is 1. The van der Waals surface area contributed by atoms with Gasteiger partial charge in [0.1, 0.15) is 18.9 Å². The smallest absolute Gasteiger partial charge is 0.241 e. The van der Waals surface area contributed by atoms with Crippen LogP contribution in [0, 0.1) is 6.92 Å². The number of anilines is 1. The molecule has 2 rings (SSSR count). The van der Waals surface area contributed by atoms with Crippen LogP contribution in [-0.2, 0) is 14.8 Å². The van der Waals surface area contributed by atoms with Gasteiger partial charge in [-0.05, 0) is 44.2 Å². The number of carbonyl (C=O) groups excluding carboxylic acids is 1. The Kier molecular flexibility index (Phi) is 7.10. The maximum atomic E-state index is 12.3. The molecule has 8 heteroatoms. The molecule has 0 saturated carbocycles. The highest BCUT2D eigenvalue weighted by molar-refractivity contribution is 7.92. The lowest BCUT2D eigenvalue weighted by atomic mass is 10.2. The molecule has 1 unspecified atom stereocenters. The number of hydrogen-bond donors (Lipinski definition) is 1. The Bertz CT molecular complexity index is 885. The van der Waals surface area contributed by atoms with E-state index in [1.165, 1.54) is 6.07 Å². The lowest BCUT2D eigenvalue weighted by Crippen LogP contribution is -2.44. The van der Waals surface area contributed by atoms with Crippen LogP contribution < -0.4 is 14.4 Å². The van der Waals surface area contributed by atoms with Crippen LogP contribution in [0.2, 0.25) is 5.02 Å². The highest BCUT2D eigenvalue weighted by Gasteiger charge is 2.22. The number of carbonyl (C=O) groups is 1. The van der Waals surface area contributed by atoms with E-state index in [0.29, 0.717) is 16.5 Å². The summed E-state index contributed by atoms with van der Waals surface area (Å²) in [6, 6.07) is 13.6. The van der Waals surface area contributed by atoms with Gasteiger partial charge in [-0.3, -0.25) is 9.10 Å². The van der Waals surface area contributed by atoms with Gasteiger partial charge in [0.2, 0.25) is 15.9 Å². The predicted octanol–water partition coefficient (Wildman–Crippen LogP) is 3.00. The summed E-state index contributed by atoms with van der Waals surface area (Å²) >= 11 is 5.93. The van der Waals surface area contributed by atoms with Gasteiger partial charge in [-0.25, -0.2) is 8.42 Å². The molecule has 1 N–H and O–H groups in total. The zero-order valence-electron chi connectivity index (χ0n) is 15.5.